The van der Waals surface area contributed by atoms with Crippen LogP contribution in [0.4, 0.5) is 5.69 Å². The summed E-state index contributed by atoms with van der Waals surface area (Å²) in [5, 5.41) is 6.33. The van der Waals surface area contributed by atoms with E-state index in [-0.39, 0.29) is 11.8 Å². The molecule has 1 saturated heterocycles. The van der Waals surface area contributed by atoms with Crippen molar-refractivity contribution < 1.29 is 9.53 Å². The van der Waals surface area contributed by atoms with Gasteiger partial charge < -0.3 is 15.4 Å². The first kappa shape index (κ1) is 14.9. The molecule has 0 radical (unpaired) electrons. The number of amides is 1. The molecule has 1 aromatic carbocycles. The summed E-state index contributed by atoms with van der Waals surface area (Å²) in [6.45, 7) is 5.06. The highest BCUT2D eigenvalue weighted by Gasteiger charge is 2.21. The molecule has 0 spiro atoms. The second kappa shape index (κ2) is 7.90. The molecule has 0 aliphatic carbocycles. The molecule has 1 amide bonds. The number of benzene rings is 1. The van der Waals surface area contributed by atoms with Gasteiger partial charge in [-0.05, 0) is 37.0 Å². The highest BCUT2D eigenvalue weighted by Crippen LogP contribution is 2.14. The Kier molecular flexibility index (Phi) is 5.87. The smallest absolute Gasteiger partial charge is 0.225 e. The van der Waals surface area contributed by atoms with Crippen LogP contribution in [0.1, 0.15) is 31.7 Å². The summed E-state index contributed by atoms with van der Waals surface area (Å²) in [4.78, 5) is 12.0. The molecule has 2 N–H and O–H groups in total. The molecule has 1 heterocycles. The number of hydrogen-bond donors (Lipinski definition) is 2. The van der Waals surface area contributed by atoms with Gasteiger partial charge in [0.25, 0.3) is 0 Å². The lowest BCUT2D eigenvalue weighted by Crippen LogP contribution is -2.35. The molecule has 1 fully saturated rings. The van der Waals surface area contributed by atoms with Gasteiger partial charge >= 0.3 is 0 Å². The van der Waals surface area contributed by atoms with Crippen molar-refractivity contribution in [2.75, 3.05) is 25.1 Å². The first-order valence-corrected chi connectivity index (χ1v) is 7.48. The maximum absolute atomic E-state index is 12.0. The molecule has 4 nitrogen and oxygen atoms in total. The number of ether oxygens (including phenoxy) is 1. The molecule has 0 bridgehead atoms. The molecule has 1 aliphatic heterocycles. The maximum atomic E-state index is 12.0. The molecule has 1 atom stereocenters. The van der Waals surface area contributed by atoms with Crippen molar-refractivity contribution in [1.82, 2.24) is 5.32 Å². The average molecular weight is 276 g/mol. The van der Waals surface area contributed by atoms with Crippen LogP contribution >= 0.6 is 0 Å². The molecule has 0 unspecified atom stereocenters. The van der Waals surface area contributed by atoms with E-state index in [1.54, 1.807) is 0 Å². The van der Waals surface area contributed by atoms with Crippen LogP contribution < -0.4 is 10.6 Å². The van der Waals surface area contributed by atoms with Crippen molar-refractivity contribution in [3.05, 3.63) is 29.8 Å². The molecular weight excluding hydrogens is 252 g/mol. The number of nitrogens with one attached hydrogen (secondary N) is 2. The standard InChI is InChI=1S/C16H24N2O2/c1-2-9-17-15-7-5-13(6-8-15)11-18-16(19)14-4-3-10-20-12-14/h5-8,14,17H,2-4,9-12H2,1H3,(H,18,19)/t14-/m1/s1. The zero-order valence-corrected chi connectivity index (χ0v) is 12.2. The zero-order valence-electron chi connectivity index (χ0n) is 12.2. The predicted octanol–water partition coefficient (Wildman–Crippen LogP) is 2.55. The Balaban J connectivity index is 1.76. The molecule has 110 valence electrons. The number of carbonyl (C=O) groups excluding carboxylic acids is 1. The first-order valence-electron chi connectivity index (χ1n) is 7.48. The fraction of sp³-hybridized carbons (Fsp3) is 0.562. The summed E-state index contributed by atoms with van der Waals surface area (Å²) < 4.78 is 5.34. The van der Waals surface area contributed by atoms with E-state index in [0.717, 1.165) is 43.7 Å². The first-order chi connectivity index (χ1) is 9.79. The van der Waals surface area contributed by atoms with E-state index in [1.807, 2.05) is 0 Å². The SMILES string of the molecule is CCCNc1ccc(CNC(=O)[C@@H]2CCCOC2)cc1. The minimum atomic E-state index is 0.0224. The third-order valence-corrected chi connectivity index (χ3v) is 3.53. The van der Waals surface area contributed by atoms with Crippen LogP contribution in [0.15, 0.2) is 24.3 Å². The summed E-state index contributed by atoms with van der Waals surface area (Å²) >= 11 is 0. The van der Waals surface area contributed by atoms with Crippen molar-refractivity contribution in [2.45, 2.75) is 32.7 Å². The second-order valence-corrected chi connectivity index (χ2v) is 5.26. The van der Waals surface area contributed by atoms with Crippen LogP contribution in [-0.4, -0.2) is 25.7 Å². The molecule has 1 aliphatic rings. The summed E-state index contributed by atoms with van der Waals surface area (Å²) in [5.74, 6) is 0.132. The van der Waals surface area contributed by atoms with E-state index in [1.165, 1.54) is 0 Å². The topological polar surface area (TPSA) is 50.4 Å². The largest absolute Gasteiger partial charge is 0.385 e. The van der Waals surface area contributed by atoms with Crippen LogP contribution in [0.25, 0.3) is 0 Å². The Hall–Kier alpha value is -1.55. The van der Waals surface area contributed by atoms with Gasteiger partial charge in [-0.15, -0.1) is 0 Å². The van der Waals surface area contributed by atoms with Crippen LogP contribution in [-0.2, 0) is 16.1 Å². The van der Waals surface area contributed by atoms with Crippen molar-refractivity contribution in [3.63, 3.8) is 0 Å². The van der Waals surface area contributed by atoms with E-state index < -0.39 is 0 Å². The van der Waals surface area contributed by atoms with Crippen LogP contribution in [0.2, 0.25) is 0 Å². The van der Waals surface area contributed by atoms with Crippen molar-refractivity contribution >= 4 is 11.6 Å². The van der Waals surface area contributed by atoms with Gasteiger partial charge in [-0.1, -0.05) is 19.1 Å². The summed E-state index contributed by atoms with van der Waals surface area (Å²) in [5.41, 5.74) is 2.25. The van der Waals surface area contributed by atoms with E-state index in [9.17, 15) is 4.79 Å². The lowest BCUT2D eigenvalue weighted by atomic mass is 10.0. The molecule has 0 saturated carbocycles. The normalized spacial score (nSPS) is 18.6. The quantitative estimate of drug-likeness (QED) is 0.839. The molecule has 20 heavy (non-hydrogen) atoms. The van der Waals surface area contributed by atoms with Crippen molar-refractivity contribution in [1.29, 1.82) is 0 Å². The van der Waals surface area contributed by atoms with Gasteiger partial charge in [-0.2, -0.15) is 0 Å². The summed E-state index contributed by atoms with van der Waals surface area (Å²) in [7, 11) is 0. The van der Waals surface area contributed by atoms with Crippen molar-refractivity contribution in [3.8, 4) is 0 Å². The molecule has 1 aromatic rings. The van der Waals surface area contributed by atoms with Gasteiger partial charge in [0.15, 0.2) is 0 Å². The van der Waals surface area contributed by atoms with E-state index >= 15 is 0 Å². The molecule has 4 heteroatoms. The molecule has 2 rings (SSSR count). The van der Waals surface area contributed by atoms with E-state index in [2.05, 4.69) is 41.8 Å². The van der Waals surface area contributed by atoms with Gasteiger partial charge in [0, 0.05) is 25.4 Å². The lowest BCUT2D eigenvalue weighted by Gasteiger charge is -2.21. The molecular formula is C16H24N2O2. The number of hydrogen-bond acceptors (Lipinski definition) is 3. The third kappa shape index (κ3) is 4.53. The van der Waals surface area contributed by atoms with E-state index in [4.69, 9.17) is 4.74 Å². The van der Waals surface area contributed by atoms with Crippen LogP contribution in [0, 0.1) is 5.92 Å². The minimum absolute atomic E-state index is 0.0224. The Bertz CT molecular complexity index is 411. The van der Waals surface area contributed by atoms with E-state index in [0.29, 0.717) is 13.2 Å². The number of carbonyl (C=O) groups is 1. The zero-order chi connectivity index (χ0) is 14.2. The fourth-order valence-electron chi connectivity index (χ4n) is 2.29. The average Bonchev–Trinajstić information content (AvgIpc) is 2.52. The predicted molar refractivity (Wildman–Crippen MR) is 80.6 cm³/mol. The van der Waals surface area contributed by atoms with Gasteiger partial charge in [0.05, 0.1) is 12.5 Å². The van der Waals surface area contributed by atoms with Gasteiger partial charge in [0.2, 0.25) is 5.91 Å². The third-order valence-electron chi connectivity index (χ3n) is 3.53. The summed E-state index contributed by atoms with van der Waals surface area (Å²) in [6.07, 6.45) is 3.03. The van der Waals surface area contributed by atoms with Gasteiger partial charge in [-0.25, -0.2) is 0 Å². The minimum Gasteiger partial charge on any atom is -0.385 e. The Morgan fingerprint density at radius 3 is 2.80 bits per heavy atom. The molecule has 0 aromatic heterocycles. The fourth-order valence-corrected chi connectivity index (χ4v) is 2.29. The maximum Gasteiger partial charge on any atom is 0.225 e. The summed E-state index contributed by atoms with van der Waals surface area (Å²) in [6, 6.07) is 8.22. The van der Waals surface area contributed by atoms with Crippen LogP contribution in [0.3, 0.4) is 0 Å². The van der Waals surface area contributed by atoms with Gasteiger partial charge in [-0.3, -0.25) is 4.79 Å². The number of rotatable bonds is 6. The Morgan fingerprint density at radius 2 is 2.15 bits per heavy atom. The highest BCUT2D eigenvalue weighted by molar-refractivity contribution is 5.78. The second-order valence-electron chi connectivity index (χ2n) is 5.26. The monoisotopic (exact) mass is 276 g/mol. The van der Waals surface area contributed by atoms with Crippen molar-refractivity contribution in [2.24, 2.45) is 5.92 Å². The lowest BCUT2D eigenvalue weighted by molar-refractivity contribution is -0.129. The Morgan fingerprint density at radius 1 is 1.35 bits per heavy atom. The number of anilines is 1. The highest BCUT2D eigenvalue weighted by atomic mass is 16.5. The Labute approximate surface area is 120 Å². The van der Waals surface area contributed by atoms with Gasteiger partial charge in [0.1, 0.15) is 0 Å². The van der Waals surface area contributed by atoms with Crippen LogP contribution in [0.5, 0.6) is 0 Å².